The summed E-state index contributed by atoms with van der Waals surface area (Å²) in [5.41, 5.74) is 2.61. The standard InChI is InChI=1S/C22H26F3N3O2/c23-8-1-10-26-13-16-2-4-17(5-3-16)20-7-6-18(12-21(20)25)28-15-19(30-22(28)29)14-27-11-9-24/h2-7,12,19,26-27H,1,8-11,13-15H2. The molecular weight excluding hydrogens is 395 g/mol. The molecule has 0 bridgehead atoms. The van der Waals surface area contributed by atoms with Gasteiger partial charge in [-0.05, 0) is 42.3 Å². The van der Waals surface area contributed by atoms with Gasteiger partial charge in [0, 0.05) is 25.2 Å². The van der Waals surface area contributed by atoms with Crippen molar-refractivity contribution < 1.29 is 22.7 Å². The third-order valence-corrected chi connectivity index (χ3v) is 4.86. The van der Waals surface area contributed by atoms with Crippen LogP contribution in [0.15, 0.2) is 42.5 Å². The Morgan fingerprint density at radius 2 is 1.83 bits per heavy atom. The SMILES string of the molecule is O=C1OC(CNCCF)CN1c1ccc(-c2ccc(CNCCCF)cc2)c(F)c1. The lowest BCUT2D eigenvalue weighted by atomic mass is 10.0. The number of amides is 1. The molecule has 1 atom stereocenters. The summed E-state index contributed by atoms with van der Waals surface area (Å²) in [4.78, 5) is 13.5. The molecule has 2 aromatic rings. The summed E-state index contributed by atoms with van der Waals surface area (Å²) in [5, 5.41) is 6.01. The highest BCUT2D eigenvalue weighted by atomic mass is 19.1. The van der Waals surface area contributed by atoms with E-state index in [9.17, 15) is 18.0 Å². The number of nitrogens with zero attached hydrogens (tertiary/aromatic N) is 1. The first-order chi connectivity index (χ1) is 14.6. The van der Waals surface area contributed by atoms with E-state index in [4.69, 9.17) is 4.74 Å². The minimum Gasteiger partial charge on any atom is -0.443 e. The minimum atomic E-state index is -0.543. The summed E-state index contributed by atoms with van der Waals surface area (Å²) in [6.07, 6.45) is -0.466. The van der Waals surface area contributed by atoms with Crippen LogP contribution in [-0.4, -0.2) is 51.7 Å². The Kier molecular flexibility index (Phi) is 8.10. The van der Waals surface area contributed by atoms with Crippen molar-refractivity contribution in [1.82, 2.24) is 10.6 Å². The maximum atomic E-state index is 14.8. The van der Waals surface area contributed by atoms with Gasteiger partial charge < -0.3 is 15.4 Å². The quantitative estimate of drug-likeness (QED) is 0.542. The molecule has 2 aromatic carbocycles. The van der Waals surface area contributed by atoms with Crippen molar-refractivity contribution in [1.29, 1.82) is 0 Å². The second-order valence-corrected chi connectivity index (χ2v) is 7.09. The molecule has 8 heteroatoms. The highest BCUT2D eigenvalue weighted by molar-refractivity contribution is 5.90. The van der Waals surface area contributed by atoms with Gasteiger partial charge in [-0.25, -0.2) is 13.6 Å². The Morgan fingerprint density at radius 3 is 2.53 bits per heavy atom. The Hall–Kier alpha value is -2.58. The van der Waals surface area contributed by atoms with Crippen molar-refractivity contribution in [2.75, 3.05) is 44.4 Å². The monoisotopic (exact) mass is 421 g/mol. The van der Waals surface area contributed by atoms with Gasteiger partial charge in [0.25, 0.3) is 0 Å². The molecule has 5 nitrogen and oxygen atoms in total. The zero-order valence-corrected chi connectivity index (χ0v) is 16.7. The molecule has 0 aliphatic carbocycles. The van der Waals surface area contributed by atoms with Crippen LogP contribution in [0.5, 0.6) is 0 Å². The van der Waals surface area contributed by atoms with Crippen LogP contribution in [0, 0.1) is 5.82 Å². The Labute approximate surface area is 174 Å². The third-order valence-electron chi connectivity index (χ3n) is 4.86. The predicted octanol–water partition coefficient (Wildman–Crippen LogP) is 3.83. The lowest BCUT2D eigenvalue weighted by Gasteiger charge is -2.15. The largest absolute Gasteiger partial charge is 0.443 e. The molecule has 162 valence electrons. The number of nitrogens with one attached hydrogen (secondary N) is 2. The van der Waals surface area contributed by atoms with Crippen LogP contribution >= 0.6 is 0 Å². The highest BCUT2D eigenvalue weighted by Crippen LogP contribution is 2.29. The van der Waals surface area contributed by atoms with E-state index in [-0.39, 0.29) is 19.8 Å². The summed E-state index contributed by atoms with van der Waals surface area (Å²) in [6.45, 7) is 1.23. The summed E-state index contributed by atoms with van der Waals surface area (Å²) < 4.78 is 44.3. The topological polar surface area (TPSA) is 53.6 Å². The van der Waals surface area contributed by atoms with E-state index in [1.807, 2.05) is 24.3 Å². The fraction of sp³-hybridized carbons (Fsp3) is 0.409. The van der Waals surface area contributed by atoms with Crippen molar-refractivity contribution in [2.45, 2.75) is 19.1 Å². The van der Waals surface area contributed by atoms with Crippen LogP contribution in [-0.2, 0) is 11.3 Å². The number of halogens is 3. The molecule has 1 amide bonds. The van der Waals surface area contributed by atoms with Gasteiger partial charge in [0.2, 0.25) is 0 Å². The molecule has 1 fully saturated rings. The van der Waals surface area contributed by atoms with Crippen molar-refractivity contribution >= 4 is 11.8 Å². The Balaban J connectivity index is 1.63. The molecule has 30 heavy (non-hydrogen) atoms. The van der Waals surface area contributed by atoms with Gasteiger partial charge in [-0.15, -0.1) is 0 Å². The number of anilines is 1. The van der Waals surface area contributed by atoms with Crippen molar-refractivity contribution in [3.63, 3.8) is 0 Å². The molecule has 0 radical (unpaired) electrons. The van der Waals surface area contributed by atoms with Gasteiger partial charge in [0.05, 0.1) is 18.9 Å². The number of alkyl halides is 2. The normalized spacial score (nSPS) is 16.2. The number of hydrogen-bond acceptors (Lipinski definition) is 4. The average molecular weight is 421 g/mol. The van der Waals surface area contributed by atoms with Crippen LogP contribution < -0.4 is 15.5 Å². The summed E-state index contributed by atoms with van der Waals surface area (Å²) in [5.74, 6) is -0.437. The molecule has 1 saturated heterocycles. The molecule has 3 rings (SSSR count). The number of carbonyl (C=O) groups excluding carboxylic acids is 1. The van der Waals surface area contributed by atoms with Gasteiger partial charge in [-0.1, -0.05) is 24.3 Å². The van der Waals surface area contributed by atoms with Crippen LogP contribution in [0.25, 0.3) is 11.1 Å². The maximum absolute atomic E-state index is 14.8. The molecule has 2 N–H and O–H groups in total. The minimum absolute atomic E-state index is 0.198. The molecule has 1 heterocycles. The molecule has 0 saturated carbocycles. The zero-order chi connectivity index (χ0) is 21.3. The molecule has 1 aliphatic rings. The second kappa shape index (κ2) is 11.0. The second-order valence-electron chi connectivity index (χ2n) is 7.09. The zero-order valence-electron chi connectivity index (χ0n) is 16.7. The van der Waals surface area contributed by atoms with Crippen molar-refractivity contribution in [2.24, 2.45) is 0 Å². The van der Waals surface area contributed by atoms with Crippen LogP contribution in [0.3, 0.4) is 0 Å². The van der Waals surface area contributed by atoms with Crippen molar-refractivity contribution in [3.8, 4) is 11.1 Å². The van der Waals surface area contributed by atoms with Gasteiger partial charge in [-0.3, -0.25) is 9.29 Å². The first-order valence-electron chi connectivity index (χ1n) is 10.0. The fourth-order valence-corrected chi connectivity index (χ4v) is 3.30. The smallest absolute Gasteiger partial charge is 0.414 e. The summed E-state index contributed by atoms with van der Waals surface area (Å²) in [6, 6.07) is 12.1. The number of ether oxygens (including phenoxy) is 1. The molecule has 0 spiro atoms. The van der Waals surface area contributed by atoms with Gasteiger partial charge in [-0.2, -0.15) is 0 Å². The first kappa shape index (κ1) is 22.1. The van der Waals surface area contributed by atoms with E-state index in [1.165, 1.54) is 11.0 Å². The van der Waals surface area contributed by atoms with Gasteiger partial charge >= 0.3 is 6.09 Å². The molecule has 0 aromatic heterocycles. The Bertz CT molecular complexity index is 833. The van der Waals surface area contributed by atoms with Crippen molar-refractivity contribution in [3.05, 3.63) is 53.8 Å². The number of benzene rings is 2. The van der Waals surface area contributed by atoms with Gasteiger partial charge in [0.15, 0.2) is 0 Å². The molecular formula is C22H26F3N3O2. The third kappa shape index (κ3) is 5.73. The predicted molar refractivity (Wildman–Crippen MR) is 111 cm³/mol. The van der Waals surface area contributed by atoms with E-state index in [2.05, 4.69) is 10.6 Å². The number of carbonyl (C=O) groups is 1. The summed E-state index contributed by atoms with van der Waals surface area (Å²) >= 11 is 0. The van der Waals surface area contributed by atoms with Crippen LogP contribution in [0.2, 0.25) is 0 Å². The fourth-order valence-electron chi connectivity index (χ4n) is 3.30. The van der Waals surface area contributed by atoms with Gasteiger partial charge in [0.1, 0.15) is 18.6 Å². The molecule has 1 unspecified atom stereocenters. The average Bonchev–Trinajstić information content (AvgIpc) is 3.12. The number of hydrogen-bond donors (Lipinski definition) is 2. The summed E-state index contributed by atoms with van der Waals surface area (Å²) in [7, 11) is 0. The van der Waals surface area contributed by atoms with E-state index in [0.29, 0.717) is 37.3 Å². The highest BCUT2D eigenvalue weighted by Gasteiger charge is 2.32. The van der Waals surface area contributed by atoms with E-state index in [1.54, 1.807) is 12.1 Å². The molecule has 1 aliphatic heterocycles. The van der Waals surface area contributed by atoms with E-state index >= 15 is 0 Å². The van der Waals surface area contributed by atoms with E-state index < -0.39 is 24.7 Å². The van der Waals surface area contributed by atoms with E-state index in [0.717, 1.165) is 11.1 Å². The first-order valence-corrected chi connectivity index (χ1v) is 10.0. The number of rotatable bonds is 11. The number of cyclic esters (lactones) is 1. The maximum Gasteiger partial charge on any atom is 0.414 e. The lowest BCUT2D eigenvalue weighted by Crippen LogP contribution is -2.31. The van der Waals surface area contributed by atoms with Crippen LogP contribution in [0.1, 0.15) is 12.0 Å². The Morgan fingerprint density at radius 1 is 1.03 bits per heavy atom. The van der Waals surface area contributed by atoms with Crippen LogP contribution in [0.4, 0.5) is 23.7 Å². The lowest BCUT2D eigenvalue weighted by molar-refractivity contribution is 0.140.